The predicted octanol–water partition coefficient (Wildman–Crippen LogP) is 1.99. The average molecular weight is 292 g/mol. The highest BCUT2D eigenvalue weighted by atomic mass is 32.2. The summed E-state index contributed by atoms with van der Waals surface area (Å²) in [6, 6.07) is -0.130. The predicted molar refractivity (Wildman–Crippen MR) is 70.2 cm³/mol. The molecule has 6 nitrogen and oxygen atoms in total. The first-order valence-electron chi connectivity index (χ1n) is 6.39. The maximum Gasteiger partial charge on any atom is 0.407 e. The van der Waals surface area contributed by atoms with Gasteiger partial charge in [0.15, 0.2) is 0 Å². The van der Waals surface area contributed by atoms with Gasteiger partial charge < -0.3 is 14.6 Å². The molecule has 1 aliphatic heterocycles. The van der Waals surface area contributed by atoms with Gasteiger partial charge in [0.25, 0.3) is 0 Å². The monoisotopic (exact) mass is 292 g/mol. The van der Waals surface area contributed by atoms with Crippen molar-refractivity contribution in [1.29, 1.82) is 0 Å². The topological polar surface area (TPSA) is 89.9 Å². The van der Waals surface area contributed by atoms with Gasteiger partial charge >= 0.3 is 6.09 Å². The number of rotatable bonds is 3. The molecule has 0 spiro atoms. The molecule has 0 aliphatic carbocycles. The molecule has 0 radical (unpaired) electrons. The summed E-state index contributed by atoms with van der Waals surface area (Å²) < 4.78 is 26.0. The fourth-order valence-electron chi connectivity index (χ4n) is 2.67. The highest BCUT2D eigenvalue weighted by Gasteiger charge is 2.40. The number of amides is 1. The summed E-state index contributed by atoms with van der Waals surface area (Å²) in [5, 5.41) is 9.24. The van der Waals surface area contributed by atoms with Gasteiger partial charge in [-0.3, -0.25) is 4.18 Å². The van der Waals surface area contributed by atoms with Gasteiger partial charge in [-0.15, -0.1) is 0 Å². The number of carboxylic acid groups (broad SMARTS) is 1. The number of carbonyl (C=O) groups is 1. The number of likely N-dealkylation sites (tertiary alicyclic amines) is 1. The Bertz CT molecular complexity index is 355. The molecule has 0 aromatic rings. The van der Waals surface area contributed by atoms with E-state index < -0.39 is 23.6 Å². The van der Waals surface area contributed by atoms with Crippen LogP contribution in [0.3, 0.4) is 0 Å². The van der Waals surface area contributed by atoms with E-state index in [1.165, 1.54) is 4.90 Å². The maximum atomic E-state index is 11.3. The molecular weight excluding hydrogens is 270 g/mol. The Kier molecular flexibility index (Phi) is 5.34. The lowest BCUT2D eigenvalue weighted by Gasteiger charge is -2.45. The number of piperidine rings is 1. The minimum atomic E-state index is -2.53. The van der Waals surface area contributed by atoms with Crippen LogP contribution < -0.4 is 0 Å². The minimum Gasteiger partial charge on any atom is -0.750 e. The van der Waals surface area contributed by atoms with Gasteiger partial charge in [-0.1, -0.05) is 20.8 Å². The molecule has 1 heterocycles. The van der Waals surface area contributed by atoms with E-state index in [0.29, 0.717) is 19.4 Å². The Hall–Kier alpha value is -0.660. The first-order valence-corrected chi connectivity index (χ1v) is 7.39. The summed E-state index contributed by atoms with van der Waals surface area (Å²) >= 11 is -2.53. The van der Waals surface area contributed by atoms with Crippen LogP contribution in [-0.4, -0.2) is 43.6 Å². The van der Waals surface area contributed by atoms with E-state index in [1.807, 2.05) is 20.8 Å². The van der Waals surface area contributed by atoms with Crippen molar-refractivity contribution < 1.29 is 22.8 Å². The normalized spacial score (nSPS) is 27.9. The van der Waals surface area contributed by atoms with Gasteiger partial charge in [0.05, 0.1) is 17.5 Å². The molecule has 4 unspecified atom stereocenters. The summed E-state index contributed by atoms with van der Waals surface area (Å²) in [4.78, 5) is 12.7. The van der Waals surface area contributed by atoms with Gasteiger partial charge in [0, 0.05) is 12.6 Å². The lowest BCUT2D eigenvalue weighted by Crippen LogP contribution is -2.53. The summed E-state index contributed by atoms with van der Waals surface area (Å²) in [6.45, 7) is 8.12. The number of nitrogens with zero attached hydrogens (tertiary/aromatic N) is 1. The molecule has 112 valence electrons. The summed E-state index contributed by atoms with van der Waals surface area (Å²) in [5.74, 6) is 0.0534. The lowest BCUT2D eigenvalue weighted by molar-refractivity contribution is 0.0130. The number of hydrogen-bond acceptors (Lipinski definition) is 4. The van der Waals surface area contributed by atoms with Crippen molar-refractivity contribution in [2.45, 2.75) is 52.7 Å². The van der Waals surface area contributed by atoms with Crippen molar-refractivity contribution in [3.63, 3.8) is 0 Å². The highest BCUT2D eigenvalue weighted by Crippen LogP contribution is 2.36. The van der Waals surface area contributed by atoms with E-state index in [9.17, 15) is 18.7 Å². The third-order valence-electron chi connectivity index (χ3n) is 3.78. The molecular formula is C12H22NO5S-. The molecule has 1 N–H and O–H groups in total. The van der Waals surface area contributed by atoms with Gasteiger partial charge in [0.2, 0.25) is 0 Å². The van der Waals surface area contributed by atoms with E-state index in [1.54, 1.807) is 6.92 Å². The minimum absolute atomic E-state index is 0.0534. The standard InChI is InChI=1S/C12H23NO5S/c1-8(18-19(16)17)9-5-6-13(11(14)15)10(7-9)12(2,3)4/h8-10H,5-7H2,1-4H3,(H,14,15)(H,16,17)/p-1. The largest absolute Gasteiger partial charge is 0.750 e. The van der Waals surface area contributed by atoms with Crippen LogP contribution in [0, 0.1) is 11.3 Å². The van der Waals surface area contributed by atoms with E-state index in [4.69, 9.17) is 4.18 Å². The highest BCUT2D eigenvalue weighted by molar-refractivity contribution is 7.74. The molecule has 0 aromatic heterocycles. The molecule has 0 bridgehead atoms. The van der Waals surface area contributed by atoms with Crippen LogP contribution in [0.2, 0.25) is 0 Å². The zero-order valence-electron chi connectivity index (χ0n) is 11.8. The van der Waals surface area contributed by atoms with Gasteiger partial charge in [-0.05, 0) is 31.1 Å². The van der Waals surface area contributed by atoms with Crippen molar-refractivity contribution in [2.75, 3.05) is 6.54 Å². The van der Waals surface area contributed by atoms with E-state index >= 15 is 0 Å². The molecule has 1 fully saturated rings. The van der Waals surface area contributed by atoms with Crippen LogP contribution in [0.5, 0.6) is 0 Å². The fourth-order valence-corrected chi connectivity index (χ4v) is 3.08. The molecule has 4 atom stereocenters. The van der Waals surface area contributed by atoms with Crippen molar-refractivity contribution in [3.8, 4) is 0 Å². The van der Waals surface area contributed by atoms with Crippen LogP contribution in [0.15, 0.2) is 0 Å². The summed E-state index contributed by atoms with van der Waals surface area (Å²) in [6.07, 6.45) is -0.0933. The fraction of sp³-hybridized carbons (Fsp3) is 0.917. The second-order valence-corrected chi connectivity index (χ2v) is 6.75. The zero-order valence-corrected chi connectivity index (χ0v) is 12.6. The van der Waals surface area contributed by atoms with Crippen LogP contribution in [0.25, 0.3) is 0 Å². The SMILES string of the molecule is CC(OS(=O)[O-])C1CCN(C(=O)O)C(C(C)(C)C)C1. The molecule has 0 aromatic carbocycles. The Morgan fingerprint density at radius 3 is 2.53 bits per heavy atom. The Labute approximate surface area is 116 Å². The maximum absolute atomic E-state index is 11.3. The van der Waals surface area contributed by atoms with E-state index in [-0.39, 0.29) is 17.4 Å². The lowest BCUT2D eigenvalue weighted by atomic mass is 9.76. The second-order valence-electron chi connectivity index (χ2n) is 6.15. The zero-order chi connectivity index (χ0) is 14.8. The number of hydrogen-bond donors (Lipinski definition) is 1. The molecule has 7 heteroatoms. The van der Waals surface area contributed by atoms with Gasteiger partial charge in [0.1, 0.15) is 0 Å². The molecule has 19 heavy (non-hydrogen) atoms. The van der Waals surface area contributed by atoms with Crippen LogP contribution in [0.4, 0.5) is 4.79 Å². The molecule has 1 saturated heterocycles. The van der Waals surface area contributed by atoms with Gasteiger partial charge in [-0.25, -0.2) is 9.00 Å². The van der Waals surface area contributed by atoms with Crippen molar-refractivity contribution >= 4 is 17.5 Å². The first-order chi connectivity index (χ1) is 8.62. The van der Waals surface area contributed by atoms with Gasteiger partial charge in [-0.2, -0.15) is 0 Å². The van der Waals surface area contributed by atoms with E-state index in [0.717, 1.165) is 0 Å². The third-order valence-corrected chi connectivity index (χ3v) is 4.24. The summed E-state index contributed by atoms with van der Waals surface area (Å²) in [7, 11) is 0. The van der Waals surface area contributed by atoms with Crippen LogP contribution in [0.1, 0.15) is 40.5 Å². The molecule has 1 rings (SSSR count). The molecule has 1 amide bonds. The van der Waals surface area contributed by atoms with Crippen LogP contribution >= 0.6 is 0 Å². The molecule has 1 aliphatic rings. The molecule has 0 saturated carbocycles. The second kappa shape index (κ2) is 6.19. The Morgan fingerprint density at radius 2 is 2.11 bits per heavy atom. The van der Waals surface area contributed by atoms with E-state index in [2.05, 4.69) is 0 Å². The third kappa shape index (κ3) is 4.43. The Balaban J connectivity index is 2.79. The smallest absolute Gasteiger partial charge is 0.407 e. The van der Waals surface area contributed by atoms with Crippen molar-refractivity contribution in [1.82, 2.24) is 4.90 Å². The average Bonchev–Trinajstić information content (AvgIpc) is 2.25. The quantitative estimate of drug-likeness (QED) is 0.803. The summed E-state index contributed by atoms with van der Waals surface area (Å²) in [5.41, 5.74) is -0.187. The van der Waals surface area contributed by atoms with Crippen molar-refractivity contribution in [2.24, 2.45) is 11.3 Å². The Morgan fingerprint density at radius 1 is 1.53 bits per heavy atom. The van der Waals surface area contributed by atoms with Crippen LogP contribution in [-0.2, 0) is 15.5 Å². The van der Waals surface area contributed by atoms with Crippen molar-refractivity contribution in [3.05, 3.63) is 0 Å². The first kappa shape index (κ1) is 16.4.